The van der Waals surface area contributed by atoms with Crippen LogP contribution in [0.3, 0.4) is 0 Å². The molecule has 1 heterocycles. The van der Waals surface area contributed by atoms with Gasteiger partial charge in [-0.15, -0.1) is 0 Å². The summed E-state index contributed by atoms with van der Waals surface area (Å²) in [5, 5.41) is 9.03. The lowest BCUT2D eigenvalue weighted by Crippen LogP contribution is -2.46. The van der Waals surface area contributed by atoms with Crippen molar-refractivity contribution < 1.29 is 45.0 Å². The molecule has 0 spiro atoms. The van der Waals surface area contributed by atoms with E-state index >= 15 is 0 Å². The summed E-state index contributed by atoms with van der Waals surface area (Å²) in [7, 11) is -4.68. The topological polar surface area (TPSA) is 83.9 Å². The summed E-state index contributed by atoms with van der Waals surface area (Å²) in [6.07, 6.45) is -5.97. The lowest BCUT2D eigenvalue weighted by atomic mass is 9.86. The highest BCUT2D eigenvalue weighted by Gasteiger charge is 2.40. The maximum Gasteiger partial charge on any atom is 0.416 e. The van der Waals surface area contributed by atoms with E-state index in [4.69, 9.17) is 16.3 Å². The minimum Gasteiger partial charge on any atom is -0.486 e. The van der Waals surface area contributed by atoms with Crippen molar-refractivity contribution in [2.45, 2.75) is 37.4 Å². The van der Waals surface area contributed by atoms with E-state index in [-0.39, 0.29) is 29.0 Å². The summed E-state index contributed by atoms with van der Waals surface area (Å²) in [6, 6.07) is 8.57. The molecule has 13 heteroatoms. The van der Waals surface area contributed by atoms with Crippen LogP contribution in [0.5, 0.6) is 5.75 Å². The number of carbonyl (C=O) groups is 1. The minimum absolute atomic E-state index is 0.0183. The van der Waals surface area contributed by atoms with Crippen LogP contribution in [0.2, 0.25) is 5.02 Å². The van der Waals surface area contributed by atoms with Crippen LogP contribution in [0.1, 0.15) is 25.8 Å². The summed E-state index contributed by atoms with van der Waals surface area (Å²) >= 11 is 5.77. The van der Waals surface area contributed by atoms with Crippen molar-refractivity contribution in [2.24, 2.45) is 5.41 Å². The average molecular weight is 590 g/mol. The van der Waals surface area contributed by atoms with Crippen LogP contribution in [0.4, 0.5) is 27.6 Å². The largest absolute Gasteiger partial charge is 0.486 e. The number of sulfonamides is 1. The molecule has 0 fully saturated rings. The summed E-state index contributed by atoms with van der Waals surface area (Å²) < 4.78 is 103. The Morgan fingerprint density at radius 1 is 1.10 bits per heavy atom. The fourth-order valence-corrected chi connectivity index (χ4v) is 5.95. The van der Waals surface area contributed by atoms with E-state index in [9.17, 15) is 40.3 Å². The molecule has 1 aliphatic rings. The minimum atomic E-state index is -4.82. The van der Waals surface area contributed by atoms with Gasteiger partial charge in [-0.2, -0.15) is 13.2 Å². The molecule has 208 valence electrons. The summed E-state index contributed by atoms with van der Waals surface area (Å²) in [4.78, 5) is 11.0. The molecule has 0 bridgehead atoms. The Labute approximate surface area is 225 Å². The maximum absolute atomic E-state index is 14.8. The van der Waals surface area contributed by atoms with Gasteiger partial charge in [-0.3, -0.25) is 9.10 Å². The van der Waals surface area contributed by atoms with Crippen LogP contribution in [-0.2, 0) is 21.0 Å². The summed E-state index contributed by atoms with van der Waals surface area (Å²) in [5.41, 5.74) is -2.95. The van der Waals surface area contributed by atoms with Gasteiger partial charge in [0.15, 0.2) is 0 Å². The van der Waals surface area contributed by atoms with E-state index in [1.165, 1.54) is 32.0 Å². The van der Waals surface area contributed by atoms with Gasteiger partial charge in [-0.1, -0.05) is 23.7 Å². The first-order chi connectivity index (χ1) is 18.0. The number of halogens is 6. The van der Waals surface area contributed by atoms with Crippen molar-refractivity contribution in [1.82, 2.24) is 0 Å². The Morgan fingerprint density at radius 3 is 2.44 bits per heavy atom. The third kappa shape index (κ3) is 5.67. The fraction of sp³-hybridized carbons (Fsp3) is 0.269. The summed E-state index contributed by atoms with van der Waals surface area (Å²) in [5.74, 6) is -3.04. The fourth-order valence-electron chi connectivity index (χ4n) is 4.20. The Kier molecular flexibility index (Phi) is 7.32. The number of hydrogen-bond acceptors (Lipinski definition) is 4. The van der Waals surface area contributed by atoms with Gasteiger partial charge in [0.05, 0.1) is 33.1 Å². The highest BCUT2D eigenvalue weighted by molar-refractivity contribution is 7.92. The summed E-state index contributed by atoms with van der Waals surface area (Å²) in [6.45, 7) is 2.37. The number of anilines is 1. The number of benzene rings is 3. The first-order valence-corrected chi connectivity index (χ1v) is 13.2. The predicted octanol–water partition coefficient (Wildman–Crippen LogP) is 6.76. The van der Waals surface area contributed by atoms with Gasteiger partial charge in [0.2, 0.25) is 0 Å². The highest BCUT2D eigenvalue weighted by atomic mass is 35.5. The molecule has 6 nitrogen and oxygen atoms in total. The van der Waals surface area contributed by atoms with Crippen molar-refractivity contribution in [1.29, 1.82) is 0 Å². The van der Waals surface area contributed by atoms with Gasteiger partial charge in [0.1, 0.15) is 23.5 Å². The number of aliphatic carboxylic acids is 1. The van der Waals surface area contributed by atoms with E-state index < -0.39 is 67.3 Å². The van der Waals surface area contributed by atoms with Crippen molar-refractivity contribution in [3.05, 3.63) is 76.8 Å². The number of nitrogens with zero attached hydrogens (tertiary/aromatic N) is 1. The predicted molar refractivity (Wildman–Crippen MR) is 133 cm³/mol. The maximum atomic E-state index is 14.8. The van der Waals surface area contributed by atoms with Crippen LogP contribution in [0.25, 0.3) is 11.1 Å². The number of ether oxygens (including phenoxy) is 1. The first-order valence-electron chi connectivity index (χ1n) is 11.4. The zero-order valence-electron chi connectivity index (χ0n) is 20.4. The number of rotatable bonds is 6. The molecule has 0 radical (unpaired) electrons. The molecule has 0 amide bonds. The van der Waals surface area contributed by atoms with Crippen LogP contribution in [0.15, 0.2) is 59.5 Å². The second-order valence-electron chi connectivity index (χ2n) is 9.63. The Bertz CT molecular complexity index is 1560. The second-order valence-corrected chi connectivity index (χ2v) is 11.9. The van der Waals surface area contributed by atoms with Gasteiger partial charge in [0.25, 0.3) is 10.0 Å². The molecule has 0 saturated carbocycles. The number of carboxylic acid groups (broad SMARTS) is 1. The van der Waals surface area contributed by atoms with Crippen molar-refractivity contribution in [3.8, 4) is 16.9 Å². The Hall–Kier alpha value is -3.38. The van der Waals surface area contributed by atoms with Crippen LogP contribution >= 0.6 is 11.6 Å². The van der Waals surface area contributed by atoms with Crippen LogP contribution in [-0.4, -0.2) is 32.1 Å². The van der Waals surface area contributed by atoms with Gasteiger partial charge >= 0.3 is 12.1 Å². The SMILES string of the molecule is CC(C)(C[C@@H]1CN(S(=O)(=O)c2cccc(C(F)(F)F)c2)c2cc(-c3cc(F)cc(Cl)c3F)ccc2O1)C(=O)O. The standard InChI is InChI=1S/C26H21ClF5NO5S/c1-25(2,24(34)35)12-17-13-33(39(36,37)18-5-3-4-15(9-18)26(30,31)32)21-8-14(6-7-22(21)38-17)19-10-16(28)11-20(27)23(19)29/h3-11,17H,12-13H2,1-2H3,(H,34,35)/t17-/m1/s1. The van der Waals surface area contributed by atoms with Gasteiger partial charge in [0, 0.05) is 12.0 Å². The molecule has 1 N–H and O–H groups in total. The first kappa shape index (κ1) is 28.6. The van der Waals surface area contributed by atoms with Crippen LogP contribution in [0, 0.1) is 17.0 Å². The second kappa shape index (κ2) is 9.98. The van der Waals surface area contributed by atoms with E-state index in [1.54, 1.807) is 0 Å². The van der Waals surface area contributed by atoms with Crippen LogP contribution < -0.4 is 9.04 Å². The highest BCUT2D eigenvalue weighted by Crippen LogP contribution is 2.43. The Morgan fingerprint density at radius 2 is 1.79 bits per heavy atom. The molecule has 1 aliphatic heterocycles. The van der Waals surface area contributed by atoms with Gasteiger partial charge in [-0.05, 0) is 61.9 Å². The molecular weight excluding hydrogens is 569 g/mol. The van der Waals surface area contributed by atoms with Crippen molar-refractivity contribution in [2.75, 3.05) is 10.8 Å². The zero-order chi connectivity index (χ0) is 28.9. The van der Waals surface area contributed by atoms with Gasteiger partial charge in [-0.25, -0.2) is 17.2 Å². The normalized spacial score (nSPS) is 16.0. The average Bonchev–Trinajstić information content (AvgIpc) is 2.84. The third-order valence-electron chi connectivity index (χ3n) is 6.26. The quantitative estimate of drug-likeness (QED) is 0.254. The molecule has 3 aromatic carbocycles. The molecular formula is C26H21ClF5NO5S. The Balaban J connectivity index is 1.87. The van der Waals surface area contributed by atoms with E-state index in [0.29, 0.717) is 6.07 Å². The molecule has 0 aliphatic carbocycles. The molecule has 0 saturated heterocycles. The lowest BCUT2D eigenvalue weighted by Gasteiger charge is -2.38. The lowest BCUT2D eigenvalue weighted by molar-refractivity contribution is -0.148. The van der Waals surface area contributed by atoms with E-state index in [2.05, 4.69) is 0 Å². The van der Waals surface area contributed by atoms with E-state index in [1.807, 2.05) is 0 Å². The zero-order valence-corrected chi connectivity index (χ0v) is 22.0. The molecule has 0 aromatic heterocycles. The third-order valence-corrected chi connectivity index (χ3v) is 8.31. The number of alkyl halides is 3. The molecule has 4 rings (SSSR count). The van der Waals surface area contributed by atoms with E-state index in [0.717, 1.165) is 34.6 Å². The number of fused-ring (bicyclic) bond motifs is 1. The molecule has 0 unspecified atom stereocenters. The number of carboxylic acids is 1. The monoisotopic (exact) mass is 589 g/mol. The molecule has 1 atom stereocenters. The smallest absolute Gasteiger partial charge is 0.416 e. The number of hydrogen-bond donors (Lipinski definition) is 1. The molecule has 3 aromatic rings. The molecule has 39 heavy (non-hydrogen) atoms. The van der Waals surface area contributed by atoms with Crippen molar-refractivity contribution in [3.63, 3.8) is 0 Å². The van der Waals surface area contributed by atoms with Gasteiger partial charge < -0.3 is 9.84 Å². The van der Waals surface area contributed by atoms with Crippen molar-refractivity contribution >= 4 is 33.3 Å².